The average molecular weight is 301 g/mol. The molecule has 2 aromatic rings. The summed E-state index contributed by atoms with van der Waals surface area (Å²) in [5.74, 6) is -1.43. The molecule has 1 fully saturated rings. The molecule has 0 aromatic heterocycles. The van der Waals surface area contributed by atoms with E-state index in [9.17, 15) is 13.6 Å². The Bertz CT molecular complexity index is 646. The third-order valence-corrected chi connectivity index (χ3v) is 4.49. The SMILES string of the molecule is O=CN(c1c(F)cccc1F)C1(c2ccccc2)CCCC1. The lowest BCUT2D eigenvalue weighted by molar-refractivity contribution is -0.108. The van der Waals surface area contributed by atoms with Gasteiger partial charge in [0.25, 0.3) is 0 Å². The summed E-state index contributed by atoms with van der Waals surface area (Å²) in [6.45, 7) is 0. The number of hydrogen-bond donors (Lipinski definition) is 0. The Morgan fingerprint density at radius 3 is 2.05 bits per heavy atom. The predicted octanol–water partition coefficient (Wildman–Crippen LogP) is 4.40. The third kappa shape index (κ3) is 2.28. The lowest BCUT2D eigenvalue weighted by Gasteiger charge is -2.39. The van der Waals surface area contributed by atoms with Crippen molar-refractivity contribution >= 4 is 12.1 Å². The van der Waals surface area contributed by atoms with Gasteiger partial charge >= 0.3 is 0 Å². The molecule has 114 valence electrons. The molecule has 2 aromatic carbocycles. The van der Waals surface area contributed by atoms with Crippen LogP contribution in [0.15, 0.2) is 48.5 Å². The molecule has 0 unspecified atom stereocenters. The van der Waals surface area contributed by atoms with E-state index in [1.165, 1.54) is 23.1 Å². The molecule has 22 heavy (non-hydrogen) atoms. The van der Waals surface area contributed by atoms with Crippen LogP contribution in [0.25, 0.3) is 0 Å². The second-order valence-electron chi connectivity index (χ2n) is 5.65. The van der Waals surface area contributed by atoms with Gasteiger partial charge in [-0.05, 0) is 30.5 Å². The van der Waals surface area contributed by atoms with Gasteiger partial charge in [0.05, 0.1) is 5.54 Å². The van der Waals surface area contributed by atoms with Crippen LogP contribution in [0, 0.1) is 11.6 Å². The number of hydrogen-bond acceptors (Lipinski definition) is 1. The molecule has 0 N–H and O–H groups in total. The minimum atomic E-state index is -0.714. The Morgan fingerprint density at radius 2 is 1.50 bits per heavy atom. The summed E-state index contributed by atoms with van der Waals surface area (Å²) in [6.07, 6.45) is 3.80. The highest BCUT2D eigenvalue weighted by molar-refractivity contribution is 5.79. The highest BCUT2D eigenvalue weighted by Crippen LogP contribution is 2.46. The van der Waals surface area contributed by atoms with Crippen molar-refractivity contribution in [1.82, 2.24) is 0 Å². The third-order valence-electron chi connectivity index (χ3n) is 4.49. The second kappa shape index (κ2) is 5.87. The van der Waals surface area contributed by atoms with Gasteiger partial charge in [-0.1, -0.05) is 49.2 Å². The summed E-state index contributed by atoms with van der Waals surface area (Å²) in [7, 11) is 0. The monoisotopic (exact) mass is 301 g/mol. The number of nitrogens with zero attached hydrogens (tertiary/aromatic N) is 1. The second-order valence-corrected chi connectivity index (χ2v) is 5.65. The van der Waals surface area contributed by atoms with Crippen LogP contribution in [0.2, 0.25) is 0 Å². The zero-order valence-electron chi connectivity index (χ0n) is 12.1. The molecule has 0 bridgehead atoms. The Hall–Kier alpha value is -2.23. The van der Waals surface area contributed by atoms with Gasteiger partial charge in [0, 0.05) is 0 Å². The summed E-state index contributed by atoms with van der Waals surface area (Å²) in [6, 6.07) is 13.2. The molecule has 0 spiro atoms. The molecule has 0 heterocycles. The van der Waals surface area contributed by atoms with Crippen LogP contribution in [0.3, 0.4) is 0 Å². The summed E-state index contributed by atoms with van der Waals surface area (Å²) in [4.78, 5) is 13.0. The van der Waals surface area contributed by atoms with E-state index in [1.807, 2.05) is 30.3 Å². The molecule has 0 atom stereocenters. The molecule has 1 amide bonds. The fourth-order valence-electron chi connectivity index (χ4n) is 3.46. The summed E-state index contributed by atoms with van der Waals surface area (Å²) in [5.41, 5.74) is -0.0167. The van der Waals surface area contributed by atoms with Crippen molar-refractivity contribution in [2.75, 3.05) is 4.90 Å². The molecule has 1 aliphatic carbocycles. The molecule has 1 aliphatic rings. The number of rotatable bonds is 4. The van der Waals surface area contributed by atoms with E-state index < -0.39 is 17.2 Å². The first-order valence-corrected chi connectivity index (χ1v) is 7.43. The molecule has 2 nitrogen and oxygen atoms in total. The summed E-state index contributed by atoms with van der Waals surface area (Å²) < 4.78 is 28.4. The number of amides is 1. The summed E-state index contributed by atoms with van der Waals surface area (Å²) in [5, 5.41) is 0. The van der Waals surface area contributed by atoms with Crippen molar-refractivity contribution in [3.05, 3.63) is 65.7 Å². The lowest BCUT2D eigenvalue weighted by Crippen LogP contribution is -2.44. The van der Waals surface area contributed by atoms with E-state index >= 15 is 0 Å². The number of benzene rings is 2. The molecule has 1 saturated carbocycles. The molecular weight excluding hydrogens is 284 g/mol. The first-order chi connectivity index (χ1) is 10.7. The van der Waals surface area contributed by atoms with Crippen LogP contribution >= 0.6 is 0 Å². The number of carbonyl (C=O) groups excluding carboxylic acids is 1. The van der Waals surface area contributed by atoms with Crippen molar-refractivity contribution < 1.29 is 13.6 Å². The minimum Gasteiger partial charge on any atom is -0.299 e. The average Bonchev–Trinajstić information content (AvgIpc) is 3.02. The zero-order chi connectivity index (χ0) is 15.6. The Morgan fingerprint density at radius 1 is 0.909 bits per heavy atom. The number of carbonyl (C=O) groups is 1. The molecule has 0 saturated heterocycles. The largest absolute Gasteiger partial charge is 0.299 e. The predicted molar refractivity (Wildman–Crippen MR) is 81.5 cm³/mol. The maximum Gasteiger partial charge on any atom is 0.215 e. The van der Waals surface area contributed by atoms with Gasteiger partial charge in [0.1, 0.15) is 17.3 Å². The Kier molecular flexibility index (Phi) is 3.92. The van der Waals surface area contributed by atoms with Gasteiger partial charge in [-0.2, -0.15) is 0 Å². The van der Waals surface area contributed by atoms with Crippen molar-refractivity contribution in [1.29, 1.82) is 0 Å². The van der Waals surface area contributed by atoms with Crippen molar-refractivity contribution in [3.63, 3.8) is 0 Å². The first kappa shape index (κ1) is 14.7. The van der Waals surface area contributed by atoms with E-state index in [0.29, 0.717) is 19.3 Å². The standard InChI is InChI=1S/C18H17F2NO/c19-15-9-6-10-16(20)17(15)21(13-22)18(11-4-5-12-18)14-7-2-1-3-8-14/h1-3,6-10,13H,4-5,11-12H2. The lowest BCUT2D eigenvalue weighted by atomic mass is 9.86. The Labute approximate surface area is 128 Å². The van der Waals surface area contributed by atoms with Crippen LogP contribution in [0.5, 0.6) is 0 Å². The van der Waals surface area contributed by atoms with Gasteiger partial charge in [-0.15, -0.1) is 0 Å². The number of anilines is 1. The van der Waals surface area contributed by atoms with E-state index in [2.05, 4.69) is 0 Å². The van der Waals surface area contributed by atoms with Crippen LogP contribution in [0.1, 0.15) is 31.2 Å². The van der Waals surface area contributed by atoms with Gasteiger partial charge in [0.2, 0.25) is 6.41 Å². The normalized spacial score (nSPS) is 16.5. The first-order valence-electron chi connectivity index (χ1n) is 7.43. The van der Waals surface area contributed by atoms with Crippen LogP contribution < -0.4 is 4.90 Å². The van der Waals surface area contributed by atoms with Gasteiger partial charge in [-0.25, -0.2) is 8.78 Å². The van der Waals surface area contributed by atoms with E-state index in [4.69, 9.17) is 0 Å². The molecular formula is C18H17F2NO. The van der Waals surface area contributed by atoms with Crippen molar-refractivity contribution in [3.8, 4) is 0 Å². The molecule has 0 aliphatic heterocycles. The van der Waals surface area contributed by atoms with E-state index in [0.717, 1.165) is 18.4 Å². The van der Waals surface area contributed by atoms with Crippen LogP contribution in [0.4, 0.5) is 14.5 Å². The minimum absolute atomic E-state index is 0.261. The van der Waals surface area contributed by atoms with Gasteiger partial charge < -0.3 is 0 Å². The smallest absolute Gasteiger partial charge is 0.215 e. The quantitative estimate of drug-likeness (QED) is 0.767. The fourth-order valence-corrected chi connectivity index (χ4v) is 3.46. The molecule has 0 radical (unpaired) electrons. The van der Waals surface area contributed by atoms with Crippen LogP contribution in [-0.4, -0.2) is 6.41 Å². The Balaban J connectivity index is 2.17. The highest BCUT2D eigenvalue weighted by Gasteiger charge is 2.43. The van der Waals surface area contributed by atoms with Gasteiger partial charge in [-0.3, -0.25) is 9.69 Å². The maximum atomic E-state index is 14.2. The number of para-hydroxylation sites is 1. The molecule has 3 rings (SSSR count). The highest BCUT2D eigenvalue weighted by atomic mass is 19.1. The van der Waals surface area contributed by atoms with Crippen LogP contribution in [-0.2, 0) is 10.3 Å². The van der Waals surface area contributed by atoms with Gasteiger partial charge in [0.15, 0.2) is 0 Å². The fraction of sp³-hybridized carbons (Fsp3) is 0.278. The topological polar surface area (TPSA) is 20.3 Å². The van der Waals surface area contributed by atoms with Crippen molar-refractivity contribution in [2.24, 2.45) is 0 Å². The maximum absolute atomic E-state index is 14.2. The number of halogens is 2. The van der Waals surface area contributed by atoms with Crippen molar-refractivity contribution in [2.45, 2.75) is 31.2 Å². The van der Waals surface area contributed by atoms with E-state index in [-0.39, 0.29) is 5.69 Å². The molecule has 4 heteroatoms. The van der Waals surface area contributed by atoms with E-state index in [1.54, 1.807) is 0 Å². The summed E-state index contributed by atoms with van der Waals surface area (Å²) >= 11 is 0. The zero-order valence-corrected chi connectivity index (χ0v) is 12.1.